The normalized spacial score (nSPS) is 12.8. The summed E-state index contributed by atoms with van der Waals surface area (Å²) in [7, 11) is 0. The SMILES string of the molecule is CCCCCC1=C(c2cccc(CCCC)c2)[N+](=[N-])C(c2cccc(CCCCC)c2)=C1CCCCC.[CH3-].[CH3-].[Ni+2]. The molecule has 0 saturated carbocycles. The average molecular weight is 588 g/mol. The van der Waals surface area contributed by atoms with Crippen LogP contribution in [0.15, 0.2) is 59.7 Å². The molecule has 224 valence electrons. The Bertz CT molecular complexity index is 1080. The van der Waals surface area contributed by atoms with Gasteiger partial charge in [0.25, 0.3) is 0 Å². The van der Waals surface area contributed by atoms with Gasteiger partial charge in [0.2, 0.25) is 11.4 Å². The number of allylic oxidation sites excluding steroid dienone is 2. The Balaban J connectivity index is 0.00000507. The molecule has 0 radical (unpaired) electrons. The summed E-state index contributed by atoms with van der Waals surface area (Å²) < 4.78 is 1.56. The van der Waals surface area contributed by atoms with Crippen LogP contribution < -0.4 is 0 Å². The molecule has 2 aromatic rings. The van der Waals surface area contributed by atoms with Crippen molar-refractivity contribution < 1.29 is 21.2 Å². The number of hydrogen-bond donors (Lipinski definition) is 0. The summed E-state index contributed by atoms with van der Waals surface area (Å²) in [5.41, 5.74) is 21.7. The van der Waals surface area contributed by atoms with E-state index >= 15 is 0 Å². The Labute approximate surface area is 258 Å². The van der Waals surface area contributed by atoms with E-state index in [-0.39, 0.29) is 31.3 Å². The molecule has 0 aliphatic carbocycles. The van der Waals surface area contributed by atoms with Gasteiger partial charge in [-0.05, 0) is 86.8 Å². The molecule has 3 rings (SSSR count). The molecule has 0 unspecified atom stereocenters. The molecule has 2 aromatic carbocycles. The summed E-state index contributed by atoms with van der Waals surface area (Å²) >= 11 is 0. The van der Waals surface area contributed by atoms with Gasteiger partial charge in [-0.15, -0.1) is 0 Å². The van der Waals surface area contributed by atoms with Crippen molar-refractivity contribution in [3.05, 3.63) is 102 Å². The molecular weight excluding hydrogens is 531 g/mol. The first-order chi connectivity index (χ1) is 18.1. The van der Waals surface area contributed by atoms with Crippen LogP contribution >= 0.6 is 0 Å². The van der Waals surface area contributed by atoms with Gasteiger partial charge in [0.15, 0.2) is 0 Å². The second-order valence-corrected chi connectivity index (χ2v) is 10.8. The third kappa shape index (κ3) is 10.4. The Morgan fingerprint density at radius 2 is 0.900 bits per heavy atom. The van der Waals surface area contributed by atoms with Gasteiger partial charge >= 0.3 is 16.5 Å². The summed E-state index contributed by atoms with van der Waals surface area (Å²) in [4.78, 5) is 0. The van der Waals surface area contributed by atoms with Crippen LogP contribution in [0.25, 0.3) is 16.9 Å². The topological polar surface area (TPSA) is 25.3 Å². The second kappa shape index (κ2) is 20.8. The van der Waals surface area contributed by atoms with Gasteiger partial charge in [0.05, 0.1) is 0 Å². The van der Waals surface area contributed by atoms with Gasteiger partial charge in [0, 0.05) is 22.3 Å². The van der Waals surface area contributed by atoms with Crippen molar-refractivity contribution in [2.75, 3.05) is 0 Å². The summed E-state index contributed by atoms with van der Waals surface area (Å²) in [5, 5.41) is 0. The van der Waals surface area contributed by atoms with Crippen molar-refractivity contribution in [2.45, 2.75) is 124 Å². The Morgan fingerprint density at radius 3 is 1.30 bits per heavy atom. The van der Waals surface area contributed by atoms with Gasteiger partial charge in [-0.1, -0.05) is 96.9 Å². The molecule has 0 amide bonds. The molecule has 0 atom stereocenters. The van der Waals surface area contributed by atoms with Gasteiger partial charge < -0.3 is 20.4 Å². The van der Waals surface area contributed by atoms with Crippen molar-refractivity contribution in [3.8, 4) is 0 Å². The molecule has 3 heteroatoms. The standard InChI is InChI=1S/C35H50N2.2CH3.Ni/c1-5-9-13-19-29-21-17-23-31(27-29)35-33(25-15-11-7-3)32(24-14-10-6-2)34(37(35)36)30-22-16-20-28(26-30)18-12-8-4;;;/h16-17,20-23,26-27H,5-15,18-19,24-25H2,1-4H3;2*1H3;/q;2*-1;+2. The number of rotatable bonds is 17. The maximum Gasteiger partial charge on any atom is 2.00 e. The minimum absolute atomic E-state index is 0. The van der Waals surface area contributed by atoms with Crippen LogP contribution in [0.4, 0.5) is 0 Å². The van der Waals surface area contributed by atoms with E-state index < -0.39 is 0 Å². The second-order valence-electron chi connectivity index (χ2n) is 10.8. The van der Waals surface area contributed by atoms with E-state index in [0.717, 1.165) is 48.2 Å². The molecule has 0 fully saturated rings. The van der Waals surface area contributed by atoms with Gasteiger partial charge in [0.1, 0.15) is 0 Å². The third-order valence-electron chi connectivity index (χ3n) is 7.71. The van der Waals surface area contributed by atoms with Gasteiger partial charge in [-0.25, -0.2) is 4.70 Å². The van der Waals surface area contributed by atoms with Gasteiger partial charge in [-0.2, -0.15) is 0 Å². The first-order valence-electron chi connectivity index (χ1n) is 15.3. The van der Waals surface area contributed by atoms with E-state index in [1.165, 1.54) is 92.9 Å². The maximum absolute atomic E-state index is 11.9. The monoisotopic (exact) mass is 586 g/mol. The fourth-order valence-electron chi connectivity index (χ4n) is 5.60. The molecule has 1 aliphatic rings. The maximum atomic E-state index is 11.9. The molecule has 0 spiro atoms. The predicted octanol–water partition coefficient (Wildman–Crippen LogP) is 12.0. The molecule has 0 bridgehead atoms. The Hall–Kier alpha value is -1.99. The van der Waals surface area contributed by atoms with Crippen LogP contribution in [0, 0.1) is 14.9 Å². The van der Waals surface area contributed by atoms with E-state index in [1.807, 2.05) is 0 Å². The van der Waals surface area contributed by atoms with Gasteiger partial charge in [-0.3, -0.25) is 0 Å². The summed E-state index contributed by atoms with van der Waals surface area (Å²) in [6, 6.07) is 17.9. The minimum Gasteiger partial charge on any atom is -0.493 e. The van der Waals surface area contributed by atoms with Crippen LogP contribution in [0.3, 0.4) is 0 Å². The molecular formula is C37H56N2Ni. The smallest absolute Gasteiger partial charge is 0.493 e. The molecule has 0 N–H and O–H groups in total. The van der Waals surface area contributed by atoms with Crippen molar-refractivity contribution in [1.29, 1.82) is 0 Å². The van der Waals surface area contributed by atoms with Crippen molar-refractivity contribution >= 4 is 11.4 Å². The van der Waals surface area contributed by atoms with E-state index in [9.17, 15) is 5.53 Å². The summed E-state index contributed by atoms with van der Waals surface area (Å²) in [6.07, 6.45) is 17.6. The number of unbranched alkanes of at least 4 members (excludes halogenated alkanes) is 7. The van der Waals surface area contributed by atoms with Crippen LogP contribution in [0.2, 0.25) is 0 Å². The Kier molecular flexibility index (Phi) is 19.8. The molecule has 1 aliphatic heterocycles. The molecule has 2 nitrogen and oxygen atoms in total. The number of nitrogens with zero attached hydrogens (tertiary/aromatic N) is 2. The van der Waals surface area contributed by atoms with Crippen molar-refractivity contribution in [1.82, 2.24) is 0 Å². The third-order valence-corrected chi connectivity index (χ3v) is 7.71. The predicted molar refractivity (Wildman–Crippen MR) is 173 cm³/mol. The van der Waals surface area contributed by atoms with E-state index in [1.54, 1.807) is 4.70 Å². The van der Waals surface area contributed by atoms with Crippen molar-refractivity contribution in [2.24, 2.45) is 0 Å². The zero-order chi connectivity index (χ0) is 26.5. The van der Waals surface area contributed by atoms with E-state index in [4.69, 9.17) is 0 Å². The van der Waals surface area contributed by atoms with E-state index in [2.05, 4.69) is 76.2 Å². The summed E-state index contributed by atoms with van der Waals surface area (Å²) in [5.74, 6) is 0. The molecule has 0 saturated heterocycles. The van der Waals surface area contributed by atoms with E-state index in [0.29, 0.717) is 0 Å². The zero-order valence-electron chi connectivity index (χ0n) is 26.4. The number of aryl methyl sites for hydroxylation is 2. The quantitative estimate of drug-likeness (QED) is 0.0762. The Morgan fingerprint density at radius 1 is 0.525 bits per heavy atom. The molecule has 0 aromatic heterocycles. The fraction of sp³-hybridized carbons (Fsp3) is 0.514. The first kappa shape index (κ1) is 38.0. The van der Waals surface area contributed by atoms with Crippen molar-refractivity contribution in [3.63, 3.8) is 0 Å². The van der Waals surface area contributed by atoms with Crippen LogP contribution in [0.5, 0.6) is 0 Å². The first-order valence-corrected chi connectivity index (χ1v) is 15.3. The largest absolute Gasteiger partial charge is 2.00 e. The fourth-order valence-corrected chi connectivity index (χ4v) is 5.60. The minimum atomic E-state index is 0. The van der Waals surface area contributed by atoms with Crippen LogP contribution in [0.1, 0.15) is 133 Å². The number of benzene rings is 2. The van der Waals surface area contributed by atoms with Crippen LogP contribution in [-0.4, -0.2) is 4.70 Å². The molecule has 1 heterocycles. The summed E-state index contributed by atoms with van der Waals surface area (Å²) in [6.45, 7) is 9.05. The van der Waals surface area contributed by atoms with Crippen LogP contribution in [-0.2, 0) is 29.3 Å². The zero-order valence-corrected chi connectivity index (χ0v) is 27.4. The average Bonchev–Trinajstić information content (AvgIpc) is 3.19. The molecule has 40 heavy (non-hydrogen) atoms. The number of hydrogen-bond acceptors (Lipinski definition) is 0.